The minimum Gasteiger partial charge on any atom is -0.356 e. The Bertz CT molecular complexity index is 576. The van der Waals surface area contributed by atoms with E-state index in [2.05, 4.69) is 40.7 Å². The van der Waals surface area contributed by atoms with E-state index in [0.29, 0.717) is 16.8 Å². The van der Waals surface area contributed by atoms with Gasteiger partial charge in [-0.05, 0) is 19.8 Å². The van der Waals surface area contributed by atoms with Crippen LogP contribution < -0.4 is 4.90 Å². The monoisotopic (exact) mass is 295 g/mol. The van der Waals surface area contributed by atoms with Crippen molar-refractivity contribution in [2.45, 2.75) is 40.5 Å². The fraction of sp³-hybridized carbons (Fsp3) is 0.643. The van der Waals surface area contributed by atoms with Gasteiger partial charge in [-0.3, -0.25) is 0 Å². The Labute approximate surface area is 125 Å². The summed E-state index contributed by atoms with van der Waals surface area (Å²) >= 11 is 6.24. The van der Waals surface area contributed by atoms with Gasteiger partial charge in [0, 0.05) is 18.7 Å². The molecule has 0 saturated heterocycles. The maximum absolute atomic E-state index is 6.24. The molecule has 0 aromatic carbocycles. The number of nitrogens with zero attached hydrogens (tertiary/aromatic N) is 5. The molecule has 0 N–H and O–H groups in total. The van der Waals surface area contributed by atoms with E-state index in [1.165, 1.54) is 19.2 Å². The number of halogens is 1. The highest BCUT2D eigenvalue weighted by Gasteiger charge is 2.19. The van der Waals surface area contributed by atoms with E-state index in [4.69, 9.17) is 11.6 Å². The van der Waals surface area contributed by atoms with Crippen molar-refractivity contribution in [1.29, 1.82) is 0 Å². The highest BCUT2D eigenvalue weighted by atomic mass is 35.5. The van der Waals surface area contributed by atoms with Crippen LogP contribution >= 0.6 is 11.6 Å². The minimum absolute atomic E-state index is 0.503. The van der Waals surface area contributed by atoms with Crippen LogP contribution in [-0.4, -0.2) is 32.7 Å². The molecule has 0 aliphatic heterocycles. The lowest BCUT2D eigenvalue weighted by atomic mass is 10.0. The Morgan fingerprint density at radius 3 is 2.60 bits per heavy atom. The third-order valence-electron chi connectivity index (χ3n) is 3.89. The molecule has 2 rings (SSSR count). The molecule has 0 spiro atoms. The zero-order chi connectivity index (χ0) is 14.7. The predicted octanol–water partition coefficient (Wildman–Crippen LogP) is 3.35. The quantitative estimate of drug-likeness (QED) is 0.767. The fourth-order valence-electron chi connectivity index (χ4n) is 2.48. The first-order valence-electron chi connectivity index (χ1n) is 7.23. The van der Waals surface area contributed by atoms with Crippen LogP contribution in [0.3, 0.4) is 0 Å². The molecule has 0 aliphatic rings. The van der Waals surface area contributed by atoms with Crippen molar-refractivity contribution >= 4 is 23.2 Å². The molecule has 0 amide bonds. The normalized spacial score (nSPS) is 11.5. The van der Waals surface area contributed by atoms with E-state index >= 15 is 0 Å². The Balaban J connectivity index is 2.47. The van der Waals surface area contributed by atoms with Crippen LogP contribution in [0.1, 0.15) is 39.2 Å². The summed E-state index contributed by atoms with van der Waals surface area (Å²) in [6.07, 6.45) is 3.86. The average Bonchev–Trinajstić information content (AvgIpc) is 2.90. The van der Waals surface area contributed by atoms with Crippen molar-refractivity contribution in [3.05, 3.63) is 17.0 Å². The second kappa shape index (κ2) is 6.39. The number of aromatic nitrogens is 4. The first-order chi connectivity index (χ1) is 9.62. The Hall–Kier alpha value is -1.36. The summed E-state index contributed by atoms with van der Waals surface area (Å²) in [6.45, 7) is 10.5. The second-order valence-electron chi connectivity index (χ2n) is 5.04. The van der Waals surface area contributed by atoms with E-state index in [0.717, 1.165) is 24.5 Å². The Morgan fingerprint density at radius 1 is 1.30 bits per heavy atom. The van der Waals surface area contributed by atoms with Gasteiger partial charge in [-0.2, -0.15) is 19.6 Å². The third-order valence-corrected chi connectivity index (χ3v) is 4.26. The summed E-state index contributed by atoms with van der Waals surface area (Å²) in [6, 6.07) is 0. The molecule has 6 heteroatoms. The van der Waals surface area contributed by atoms with Gasteiger partial charge in [0.15, 0.2) is 0 Å². The van der Waals surface area contributed by atoms with Gasteiger partial charge in [-0.1, -0.05) is 38.3 Å². The van der Waals surface area contributed by atoms with E-state index in [1.54, 1.807) is 4.52 Å². The van der Waals surface area contributed by atoms with Gasteiger partial charge in [-0.15, -0.1) is 0 Å². The SMILES string of the molecule is CCC(CC)CN(CC)c1c(C)c(Cl)nc2ncnn12. The van der Waals surface area contributed by atoms with Crippen molar-refractivity contribution in [3.63, 3.8) is 0 Å². The summed E-state index contributed by atoms with van der Waals surface area (Å²) < 4.78 is 1.78. The molecular weight excluding hydrogens is 274 g/mol. The number of rotatable bonds is 6. The molecule has 110 valence electrons. The standard InChI is InChI=1S/C14H22ClN5/c1-5-11(6-2)8-19(7-3)13-10(4)12(15)18-14-16-9-17-20(13)14/h9,11H,5-8H2,1-4H3. The molecule has 20 heavy (non-hydrogen) atoms. The van der Waals surface area contributed by atoms with Crippen LogP contribution in [0.2, 0.25) is 5.15 Å². The maximum Gasteiger partial charge on any atom is 0.255 e. The van der Waals surface area contributed by atoms with Crippen LogP contribution in [-0.2, 0) is 0 Å². The van der Waals surface area contributed by atoms with E-state index in [9.17, 15) is 0 Å². The van der Waals surface area contributed by atoms with Gasteiger partial charge in [0.1, 0.15) is 17.3 Å². The Kier molecular flexibility index (Phi) is 4.81. The zero-order valence-corrected chi connectivity index (χ0v) is 13.4. The molecule has 0 saturated carbocycles. The Morgan fingerprint density at radius 2 is 2.00 bits per heavy atom. The van der Waals surface area contributed by atoms with Crippen LogP contribution in [0.4, 0.5) is 5.82 Å². The lowest BCUT2D eigenvalue weighted by molar-refractivity contribution is 0.482. The van der Waals surface area contributed by atoms with Crippen molar-refractivity contribution < 1.29 is 0 Å². The molecule has 0 atom stereocenters. The van der Waals surface area contributed by atoms with E-state index in [-0.39, 0.29) is 0 Å². The maximum atomic E-state index is 6.24. The summed E-state index contributed by atoms with van der Waals surface area (Å²) in [7, 11) is 0. The molecule has 2 aromatic rings. The topological polar surface area (TPSA) is 46.3 Å². The second-order valence-corrected chi connectivity index (χ2v) is 5.40. The number of fused-ring (bicyclic) bond motifs is 1. The molecule has 0 fully saturated rings. The van der Waals surface area contributed by atoms with Crippen LogP contribution in [0.5, 0.6) is 0 Å². The van der Waals surface area contributed by atoms with Gasteiger partial charge in [0.25, 0.3) is 5.78 Å². The number of hydrogen-bond acceptors (Lipinski definition) is 4. The van der Waals surface area contributed by atoms with Crippen molar-refractivity contribution in [2.24, 2.45) is 5.92 Å². The van der Waals surface area contributed by atoms with E-state index < -0.39 is 0 Å². The van der Waals surface area contributed by atoms with Gasteiger partial charge in [-0.25, -0.2) is 0 Å². The predicted molar refractivity (Wildman–Crippen MR) is 82.5 cm³/mol. The third kappa shape index (κ3) is 2.73. The average molecular weight is 296 g/mol. The minimum atomic E-state index is 0.503. The number of anilines is 1. The van der Waals surface area contributed by atoms with Gasteiger partial charge in [0.05, 0.1) is 0 Å². The summed E-state index contributed by atoms with van der Waals surface area (Å²) in [5.74, 6) is 2.23. The van der Waals surface area contributed by atoms with Crippen LogP contribution in [0.15, 0.2) is 6.33 Å². The molecule has 2 aromatic heterocycles. The van der Waals surface area contributed by atoms with E-state index in [1.807, 2.05) is 6.92 Å². The zero-order valence-electron chi connectivity index (χ0n) is 12.6. The first kappa shape index (κ1) is 15.0. The molecule has 5 nitrogen and oxygen atoms in total. The molecule has 2 heterocycles. The van der Waals surface area contributed by atoms with Crippen molar-refractivity contribution in [2.75, 3.05) is 18.0 Å². The fourth-order valence-corrected chi connectivity index (χ4v) is 2.64. The molecular formula is C14H22ClN5. The van der Waals surface area contributed by atoms with Crippen LogP contribution in [0, 0.1) is 12.8 Å². The first-order valence-corrected chi connectivity index (χ1v) is 7.60. The highest BCUT2D eigenvalue weighted by molar-refractivity contribution is 6.30. The van der Waals surface area contributed by atoms with Gasteiger partial charge in [0.2, 0.25) is 0 Å². The molecule has 0 radical (unpaired) electrons. The summed E-state index contributed by atoms with van der Waals surface area (Å²) in [4.78, 5) is 10.7. The van der Waals surface area contributed by atoms with Crippen molar-refractivity contribution in [1.82, 2.24) is 19.6 Å². The molecule has 0 unspecified atom stereocenters. The van der Waals surface area contributed by atoms with Gasteiger partial charge < -0.3 is 4.90 Å². The largest absolute Gasteiger partial charge is 0.356 e. The number of hydrogen-bond donors (Lipinski definition) is 0. The van der Waals surface area contributed by atoms with Crippen LogP contribution in [0.25, 0.3) is 5.78 Å². The molecule has 0 aliphatic carbocycles. The smallest absolute Gasteiger partial charge is 0.255 e. The van der Waals surface area contributed by atoms with Gasteiger partial charge >= 0.3 is 0 Å². The molecule has 0 bridgehead atoms. The summed E-state index contributed by atoms with van der Waals surface area (Å²) in [5.41, 5.74) is 0.956. The highest BCUT2D eigenvalue weighted by Crippen LogP contribution is 2.27. The lowest BCUT2D eigenvalue weighted by Crippen LogP contribution is -2.31. The lowest BCUT2D eigenvalue weighted by Gasteiger charge is -2.28. The summed E-state index contributed by atoms with van der Waals surface area (Å²) in [5, 5.41) is 4.79. The van der Waals surface area contributed by atoms with Crippen molar-refractivity contribution in [3.8, 4) is 0 Å².